The molecule has 8 heteroatoms. The van der Waals surface area contributed by atoms with Gasteiger partial charge in [0.15, 0.2) is 11.9 Å². The van der Waals surface area contributed by atoms with Crippen LogP contribution in [0.1, 0.15) is 33.4 Å². The van der Waals surface area contributed by atoms with Gasteiger partial charge in [0.25, 0.3) is 11.8 Å². The molecule has 0 spiro atoms. The Morgan fingerprint density at radius 3 is 2.34 bits per heavy atom. The predicted octanol–water partition coefficient (Wildman–Crippen LogP) is 3.44. The highest BCUT2D eigenvalue weighted by atomic mass is 16.5. The van der Waals surface area contributed by atoms with Crippen LogP contribution in [0.5, 0.6) is 5.75 Å². The molecule has 0 fully saturated rings. The number of ether oxygens (including phenoxy) is 2. The maximum absolute atomic E-state index is 12.3. The minimum absolute atomic E-state index is 0.181. The van der Waals surface area contributed by atoms with E-state index in [1.54, 1.807) is 31.4 Å². The number of hydrogen-bond acceptors (Lipinski definition) is 6. The molecule has 0 radical (unpaired) electrons. The highest BCUT2D eigenvalue weighted by Crippen LogP contribution is 2.14. The second-order valence-electron chi connectivity index (χ2n) is 6.95. The standard InChI is InChI=1S/C24H24N2O6/c1-16(22(27)25-14-13-17-5-11-20(30-2)12-6-17)32-24(29)18-7-9-19(10-8-18)26-23(28)21-4-3-15-31-21/h3-12,15-16H,13-14H2,1-2H3,(H,25,27)(H,26,28). The molecule has 32 heavy (non-hydrogen) atoms. The molecule has 0 aliphatic heterocycles. The van der Waals surface area contributed by atoms with Crippen LogP contribution in [0.4, 0.5) is 5.69 Å². The van der Waals surface area contributed by atoms with E-state index in [4.69, 9.17) is 13.9 Å². The molecule has 1 atom stereocenters. The van der Waals surface area contributed by atoms with Gasteiger partial charge in [0, 0.05) is 12.2 Å². The Kier molecular flexibility index (Phi) is 7.64. The number of nitrogens with one attached hydrogen (secondary N) is 2. The van der Waals surface area contributed by atoms with Gasteiger partial charge in [-0.05, 0) is 67.4 Å². The molecule has 0 aliphatic carbocycles. The molecule has 2 N–H and O–H groups in total. The smallest absolute Gasteiger partial charge is 0.338 e. The first-order valence-electron chi connectivity index (χ1n) is 10.0. The first kappa shape index (κ1) is 22.6. The van der Waals surface area contributed by atoms with Crippen LogP contribution in [0.2, 0.25) is 0 Å². The summed E-state index contributed by atoms with van der Waals surface area (Å²) in [5, 5.41) is 5.41. The summed E-state index contributed by atoms with van der Waals surface area (Å²) in [4.78, 5) is 36.5. The molecule has 0 bridgehead atoms. The molecular weight excluding hydrogens is 412 g/mol. The van der Waals surface area contributed by atoms with E-state index >= 15 is 0 Å². The summed E-state index contributed by atoms with van der Waals surface area (Å²) in [7, 11) is 1.60. The molecular formula is C24H24N2O6. The molecule has 166 valence electrons. The minimum atomic E-state index is -0.948. The average Bonchev–Trinajstić information content (AvgIpc) is 3.35. The van der Waals surface area contributed by atoms with Crippen molar-refractivity contribution in [3.8, 4) is 5.75 Å². The lowest BCUT2D eigenvalue weighted by Gasteiger charge is -2.14. The average molecular weight is 436 g/mol. The van der Waals surface area contributed by atoms with E-state index in [0.717, 1.165) is 11.3 Å². The van der Waals surface area contributed by atoms with Gasteiger partial charge in [-0.2, -0.15) is 0 Å². The van der Waals surface area contributed by atoms with Gasteiger partial charge >= 0.3 is 5.97 Å². The maximum atomic E-state index is 12.3. The van der Waals surface area contributed by atoms with Crippen LogP contribution < -0.4 is 15.4 Å². The van der Waals surface area contributed by atoms with Crippen LogP contribution >= 0.6 is 0 Å². The Morgan fingerprint density at radius 2 is 1.72 bits per heavy atom. The Labute approximate surface area is 185 Å². The number of carbonyl (C=O) groups excluding carboxylic acids is 3. The third-order valence-electron chi connectivity index (χ3n) is 4.65. The number of carbonyl (C=O) groups is 3. The number of anilines is 1. The predicted molar refractivity (Wildman–Crippen MR) is 118 cm³/mol. The molecule has 1 unspecified atom stereocenters. The topological polar surface area (TPSA) is 107 Å². The van der Waals surface area contributed by atoms with Crippen LogP contribution in [0.15, 0.2) is 71.3 Å². The zero-order chi connectivity index (χ0) is 22.9. The minimum Gasteiger partial charge on any atom is -0.497 e. The van der Waals surface area contributed by atoms with Crippen LogP contribution in [-0.2, 0) is 16.0 Å². The van der Waals surface area contributed by atoms with E-state index in [1.165, 1.54) is 25.3 Å². The SMILES string of the molecule is COc1ccc(CCNC(=O)C(C)OC(=O)c2ccc(NC(=O)c3ccco3)cc2)cc1. The molecule has 1 heterocycles. The summed E-state index contributed by atoms with van der Waals surface area (Å²) >= 11 is 0. The van der Waals surface area contributed by atoms with Gasteiger partial charge < -0.3 is 24.5 Å². The van der Waals surface area contributed by atoms with Crippen molar-refractivity contribution in [1.82, 2.24) is 5.32 Å². The lowest BCUT2D eigenvalue weighted by atomic mass is 10.1. The lowest BCUT2D eigenvalue weighted by molar-refractivity contribution is -0.129. The number of hydrogen-bond donors (Lipinski definition) is 2. The fraction of sp³-hybridized carbons (Fsp3) is 0.208. The number of benzene rings is 2. The Bertz CT molecular complexity index is 1040. The largest absolute Gasteiger partial charge is 0.497 e. The Morgan fingerprint density at radius 1 is 1.00 bits per heavy atom. The fourth-order valence-electron chi connectivity index (χ4n) is 2.84. The zero-order valence-corrected chi connectivity index (χ0v) is 17.8. The monoisotopic (exact) mass is 436 g/mol. The lowest BCUT2D eigenvalue weighted by Crippen LogP contribution is -2.36. The summed E-state index contributed by atoms with van der Waals surface area (Å²) in [5.41, 5.74) is 1.81. The second-order valence-corrected chi connectivity index (χ2v) is 6.95. The summed E-state index contributed by atoms with van der Waals surface area (Å²) in [6.07, 6.45) is 1.10. The second kappa shape index (κ2) is 10.8. The number of amides is 2. The maximum Gasteiger partial charge on any atom is 0.338 e. The van der Waals surface area contributed by atoms with Gasteiger partial charge in [-0.25, -0.2) is 4.79 Å². The van der Waals surface area contributed by atoms with Crippen molar-refractivity contribution in [2.75, 3.05) is 19.0 Å². The van der Waals surface area contributed by atoms with Gasteiger partial charge in [-0.1, -0.05) is 12.1 Å². The molecule has 0 aliphatic rings. The van der Waals surface area contributed by atoms with Crippen molar-refractivity contribution in [3.63, 3.8) is 0 Å². The number of furan rings is 1. The summed E-state index contributed by atoms with van der Waals surface area (Å²) in [6.45, 7) is 1.93. The van der Waals surface area contributed by atoms with Crippen molar-refractivity contribution in [2.24, 2.45) is 0 Å². The highest BCUT2D eigenvalue weighted by molar-refractivity contribution is 6.02. The van der Waals surface area contributed by atoms with Gasteiger partial charge in [-0.15, -0.1) is 0 Å². The van der Waals surface area contributed by atoms with Crippen molar-refractivity contribution in [2.45, 2.75) is 19.4 Å². The molecule has 3 aromatic rings. The van der Waals surface area contributed by atoms with E-state index in [-0.39, 0.29) is 17.2 Å². The highest BCUT2D eigenvalue weighted by Gasteiger charge is 2.19. The summed E-state index contributed by atoms with van der Waals surface area (Å²) in [6, 6.07) is 16.9. The molecule has 1 aromatic heterocycles. The van der Waals surface area contributed by atoms with Crippen molar-refractivity contribution >= 4 is 23.5 Å². The molecule has 0 saturated heterocycles. The number of rotatable bonds is 9. The third kappa shape index (κ3) is 6.21. The van der Waals surface area contributed by atoms with Gasteiger partial charge in [-0.3, -0.25) is 9.59 Å². The first-order chi connectivity index (χ1) is 15.5. The molecule has 2 aromatic carbocycles. The first-order valence-corrected chi connectivity index (χ1v) is 10.0. The Hall–Kier alpha value is -4.07. The van der Waals surface area contributed by atoms with Crippen molar-refractivity contribution in [1.29, 1.82) is 0 Å². The van der Waals surface area contributed by atoms with E-state index in [2.05, 4.69) is 10.6 Å². The summed E-state index contributed by atoms with van der Waals surface area (Å²) in [5.74, 6) is -0.460. The molecule has 0 saturated carbocycles. The number of methoxy groups -OCH3 is 1. The van der Waals surface area contributed by atoms with Crippen LogP contribution in [0, 0.1) is 0 Å². The van der Waals surface area contributed by atoms with E-state index < -0.39 is 18.0 Å². The van der Waals surface area contributed by atoms with Crippen LogP contribution in [0.25, 0.3) is 0 Å². The van der Waals surface area contributed by atoms with Gasteiger partial charge in [0.2, 0.25) is 0 Å². The summed E-state index contributed by atoms with van der Waals surface area (Å²) < 4.78 is 15.4. The quantitative estimate of drug-likeness (QED) is 0.498. The normalized spacial score (nSPS) is 11.3. The van der Waals surface area contributed by atoms with Crippen LogP contribution in [-0.4, -0.2) is 37.5 Å². The Balaban J connectivity index is 1.44. The van der Waals surface area contributed by atoms with Gasteiger partial charge in [0.05, 0.1) is 18.9 Å². The third-order valence-corrected chi connectivity index (χ3v) is 4.65. The van der Waals surface area contributed by atoms with Gasteiger partial charge in [0.1, 0.15) is 5.75 Å². The van der Waals surface area contributed by atoms with E-state index in [0.29, 0.717) is 18.7 Å². The van der Waals surface area contributed by atoms with E-state index in [9.17, 15) is 14.4 Å². The van der Waals surface area contributed by atoms with E-state index in [1.807, 2.05) is 24.3 Å². The molecule has 2 amide bonds. The number of esters is 1. The van der Waals surface area contributed by atoms with Crippen LogP contribution in [0.3, 0.4) is 0 Å². The molecule has 3 rings (SSSR count). The van der Waals surface area contributed by atoms with Crippen molar-refractivity contribution < 1.29 is 28.3 Å². The van der Waals surface area contributed by atoms with Crippen molar-refractivity contribution in [3.05, 3.63) is 83.8 Å². The molecule has 8 nitrogen and oxygen atoms in total. The zero-order valence-electron chi connectivity index (χ0n) is 17.8. The fourth-order valence-corrected chi connectivity index (χ4v) is 2.84.